The first kappa shape index (κ1) is 14.9. The molecule has 1 aliphatic carbocycles. The van der Waals surface area contributed by atoms with Crippen molar-refractivity contribution < 1.29 is 4.74 Å². The predicted octanol–water partition coefficient (Wildman–Crippen LogP) is 3.25. The van der Waals surface area contributed by atoms with Crippen LogP contribution in [-0.2, 0) is 4.74 Å². The molecule has 1 unspecified atom stereocenters. The van der Waals surface area contributed by atoms with Gasteiger partial charge in [0.05, 0.1) is 5.60 Å². The molecule has 1 saturated carbocycles. The largest absolute Gasteiger partial charge is 0.375 e. The van der Waals surface area contributed by atoms with Gasteiger partial charge in [0.1, 0.15) is 0 Å². The molecule has 3 rings (SSSR count). The maximum Gasteiger partial charge on any atom is 0.0702 e. The number of nitrogens with zero attached hydrogens (tertiary/aromatic N) is 1. The number of hydrogen-bond acceptors (Lipinski definition) is 3. The Morgan fingerprint density at radius 1 is 1.29 bits per heavy atom. The fraction of sp³-hybridized carbons (Fsp3) is 0.667. The molecule has 3 heteroatoms. The van der Waals surface area contributed by atoms with E-state index in [0.717, 1.165) is 32.5 Å². The third-order valence-corrected chi connectivity index (χ3v) is 5.14. The van der Waals surface area contributed by atoms with Gasteiger partial charge in [0.2, 0.25) is 0 Å². The fourth-order valence-corrected chi connectivity index (χ4v) is 3.71. The molecule has 3 nitrogen and oxygen atoms in total. The lowest BCUT2D eigenvalue weighted by Crippen LogP contribution is -2.52. The first-order chi connectivity index (χ1) is 10.2. The summed E-state index contributed by atoms with van der Waals surface area (Å²) in [4.78, 5) is 2.58. The quantitative estimate of drug-likeness (QED) is 0.904. The van der Waals surface area contributed by atoms with E-state index in [1.54, 1.807) is 0 Å². The molecule has 2 N–H and O–H groups in total. The zero-order chi connectivity index (χ0) is 14.7. The first-order valence-corrected chi connectivity index (χ1v) is 8.40. The Labute approximate surface area is 128 Å². The van der Waals surface area contributed by atoms with E-state index in [4.69, 9.17) is 10.5 Å². The van der Waals surface area contributed by atoms with Crippen LogP contribution in [-0.4, -0.2) is 31.3 Å². The van der Waals surface area contributed by atoms with Crippen LogP contribution < -0.4 is 10.6 Å². The molecule has 1 aliphatic heterocycles. The smallest absolute Gasteiger partial charge is 0.0702 e. The molecule has 21 heavy (non-hydrogen) atoms. The van der Waals surface area contributed by atoms with Crippen molar-refractivity contribution in [2.75, 3.05) is 24.6 Å². The minimum absolute atomic E-state index is 0.203. The lowest BCUT2D eigenvalue weighted by molar-refractivity contribution is -0.132. The summed E-state index contributed by atoms with van der Waals surface area (Å²) >= 11 is 0. The summed E-state index contributed by atoms with van der Waals surface area (Å²) in [5, 5.41) is 0. The summed E-state index contributed by atoms with van der Waals surface area (Å²) in [6.45, 7) is 4.87. The number of rotatable bonds is 5. The topological polar surface area (TPSA) is 38.5 Å². The summed E-state index contributed by atoms with van der Waals surface area (Å²) in [5.41, 5.74) is 8.61. The second-order valence-corrected chi connectivity index (χ2v) is 6.70. The average Bonchev–Trinajstić information content (AvgIpc) is 2.48. The molecule has 0 radical (unpaired) electrons. The van der Waals surface area contributed by atoms with Crippen molar-refractivity contribution in [3.63, 3.8) is 0 Å². The molecule has 2 fully saturated rings. The summed E-state index contributed by atoms with van der Waals surface area (Å²) in [6.07, 6.45) is 7.22. The highest BCUT2D eigenvalue weighted by molar-refractivity contribution is 5.48. The van der Waals surface area contributed by atoms with Crippen LogP contribution in [0.1, 0.15) is 44.1 Å². The Bertz CT molecular complexity index is 453. The highest BCUT2D eigenvalue weighted by Gasteiger charge is 2.43. The van der Waals surface area contributed by atoms with E-state index in [-0.39, 0.29) is 5.60 Å². The molecule has 1 aromatic rings. The van der Waals surface area contributed by atoms with Crippen LogP contribution in [0.5, 0.6) is 0 Å². The van der Waals surface area contributed by atoms with Gasteiger partial charge in [0.25, 0.3) is 0 Å². The Kier molecular flexibility index (Phi) is 4.51. The molecular formula is C18H28N2O. The van der Waals surface area contributed by atoms with Crippen molar-refractivity contribution in [3.05, 3.63) is 29.8 Å². The van der Waals surface area contributed by atoms with Crippen molar-refractivity contribution in [3.8, 4) is 0 Å². The van der Waals surface area contributed by atoms with Gasteiger partial charge in [-0.1, -0.05) is 17.7 Å². The van der Waals surface area contributed by atoms with Gasteiger partial charge < -0.3 is 15.4 Å². The number of hydrogen-bond donors (Lipinski definition) is 1. The minimum Gasteiger partial charge on any atom is -0.375 e. The van der Waals surface area contributed by atoms with Gasteiger partial charge >= 0.3 is 0 Å². The first-order valence-electron chi connectivity index (χ1n) is 8.40. The molecular weight excluding hydrogens is 260 g/mol. The standard InChI is InChI=1S/C18H28N2O/c1-15-4-6-16(7-5-15)20(12-3-11-19)17-8-13-21-18(14-17)9-2-10-18/h4-7,17H,2-3,8-14,19H2,1H3. The van der Waals surface area contributed by atoms with Crippen molar-refractivity contribution >= 4 is 5.69 Å². The van der Waals surface area contributed by atoms with Crippen LogP contribution in [0.3, 0.4) is 0 Å². The van der Waals surface area contributed by atoms with Gasteiger partial charge in [-0.25, -0.2) is 0 Å². The van der Waals surface area contributed by atoms with Crippen molar-refractivity contribution in [2.45, 2.75) is 57.1 Å². The van der Waals surface area contributed by atoms with Gasteiger partial charge in [0.15, 0.2) is 0 Å². The molecule has 1 aromatic carbocycles. The van der Waals surface area contributed by atoms with E-state index in [1.807, 2.05) is 0 Å². The van der Waals surface area contributed by atoms with E-state index >= 15 is 0 Å². The maximum atomic E-state index is 6.09. The highest BCUT2D eigenvalue weighted by Crippen LogP contribution is 2.44. The Hall–Kier alpha value is -1.06. The molecule has 1 spiro atoms. The van der Waals surface area contributed by atoms with E-state index in [1.165, 1.54) is 36.9 Å². The lowest BCUT2D eigenvalue weighted by atomic mass is 9.73. The van der Waals surface area contributed by atoms with E-state index < -0.39 is 0 Å². The maximum absolute atomic E-state index is 6.09. The summed E-state index contributed by atoms with van der Waals surface area (Å²) in [6, 6.07) is 9.55. The van der Waals surface area contributed by atoms with Crippen LogP contribution in [0.2, 0.25) is 0 Å². The van der Waals surface area contributed by atoms with Gasteiger partial charge in [-0.05, 0) is 64.1 Å². The van der Waals surface area contributed by atoms with E-state index in [9.17, 15) is 0 Å². The van der Waals surface area contributed by atoms with Crippen molar-refractivity contribution in [2.24, 2.45) is 5.73 Å². The normalized spacial score (nSPS) is 23.8. The van der Waals surface area contributed by atoms with Crippen LogP contribution in [0.15, 0.2) is 24.3 Å². The van der Waals surface area contributed by atoms with Crippen molar-refractivity contribution in [1.29, 1.82) is 0 Å². The van der Waals surface area contributed by atoms with Gasteiger partial charge in [-0.15, -0.1) is 0 Å². The number of anilines is 1. The van der Waals surface area contributed by atoms with Gasteiger partial charge in [-0.2, -0.15) is 0 Å². The lowest BCUT2D eigenvalue weighted by Gasteiger charge is -2.50. The molecule has 116 valence electrons. The summed E-state index contributed by atoms with van der Waals surface area (Å²) in [5.74, 6) is 0. The third-order valence-electron chi connectivity index (χ3n) is 5.14. The Morgan fingerprint density at radius 2 is 2.05 bits per heavy atom. The SMILES string of the molecule is Cc1ccc(N(CCCN)C2CCOC3(CCC3)C2)cc1. The zero-order valence-corrected chi connectivity index (χ0v) is 13.2. The number of ether oxygens (including phenoxy) is 1. The molecule has 1 heterocycles. The van der Waals surface area contributed by atoms with E-state index in [2.05, 4.69) is 36.1 Å². The second-order valence-electron chi connectivity index (χ2n) is 6.70. The monoisotopic (exact) mass is 288 g/mol. The summed E-state index contributed by atoms with van der Waals surface area (Å²) in [7, 11) is 0. The van der Waals surface area contributed by atoms with E-state index in [0.29, 0.717) is 6.04 Å². The van der Waals surface area contributed by atoms with Crippen molar-refractivity contribution in [1.82, 2.24) is 0 Å². The predicted molar refractivity (Wildman–Crippen MR) is 87.8 cm³/mol. The van der Waals surface area contributed by atoms with Crippen LogP contribution in [0.4, 0.5) is 5.69 Å². The summed E-state index contributed by atoms with van der Waals surface area (Å²) < 4.78 is 6.09. The molecule has 0 aromatic heterocycles. The number of nitrogens with two attached hydrogens (primary N) is 1. The molecule has 2 aliphatic rings. The second kappa shape index (κ2) is 6.37. The number of aryl methyl sites for hydroxylation is 1. The van der Waals surface area contributed by atoms with Crippen LogP contribution >= 0.6 is 0 Å². The van der Waals surface area contributed by atoms with Gasteiger partial charge in [-0.3, -0.25) is 0 Å². The average molecular weight is 288 g/mol. The third kappa shape index (κ3) is 3.24. The number of benzene rings is 1. The minimum atomic E-state index is 0.203. The molecule has 1 saturated heterocycles. The van der Waals surface area contributed by atoms with Crippen LogP contribution in [0, 0.1) is 6.92 Å². The van der Waals surface area contributed by atoms with Gasteiger partial charge in [0, 0.05) is 24.9 Å². The Morgan fingerprint density at radius 3 is 2.67 bits per heavy atom. The fourth-order valence-electron chi connectivity index (χ4n) is 3.71. The molecule has 1 atom stereocenters. The zero-order valence-electron chi connectivity index (χ0n) is 13.2. The Balaban J connectivity index is 1.76. The highest BCUT2D eigenvalue weighted by atomic mass is 16.5. The molecule has 0 bridgehead atoms. The van der Waals surface area contributed by atoms with Crippen LogP contribution in [0.25, 0.3) is 0 Å². The molecule has 0 amide bonds.